The van der Waals surface area contributed by atoms with E-state index in [4.69, 9.17) is 38.0 Å². The maximum Gasteiger partial charge on any atom is 0.257 e. The minimum atomic E-state index is -0.488. The molecule has 9 nitrogen and oxygen atoms in total. The number of methoxy groups -OCH3 is 3. The van der Waals surface area contributed by atoms with Gasteiger partial charge in [0.25, 0.3) is 11.8 Å². The summed E-state index contributed by atoms with van der Waals surface area (Å²) in [6, 6.07) is 7.95. The summed E-state index contributed by atoms with van der Waals surface area (Å²) >= 11 is 11.6. The molecule has 0 unspecified atom stereocenters. The number of benzene rings is 2. The molecule has 0 bridgehead atoms. The van der Waals surface area contributed by atoms with Gasteiger partial charge in [-0.2, -0.15) is 0 Å². The molecule has 2 N–H and O–H groups in total. The van der Waals surface area contributed by atoms with Crippen LogP contribution in [-0.4, -0.2) is 81.3 Å². The lowest BCUT2D eigenvalue weighted by Gasteiger charge is -2.32. The molecule has 182 valence electrons. The highest BCUT2D eigenvalue weighted by Crippen LogP contribution is 2.38. The lowest BCUT2D eigenvalue weighted by atomic mass is 10.1. The van der Waals surface area contributed by atoms with Gasteiger partial charge in [-0.3, -0.25) is 14.9 Å². The van der Waals surface area contributed by atoms with Crippen molar-refractivity contribution in [3.63, 3.8) is 0 Å². The number of rotatable bonds is 6. The minimum Gasteiger partial charge on any atom is -0.493 e. The summed E-state index contributed by atoms with van der Waals surface area (Å²) in [7, 11) is 6.43. The lowest BCUT2D eigenvalue weighted by molar-refractivity contribution is 0.0664. The van der Waals surface area contributed by atoms with Crippen LogP contribution in [0.3, 0.4) is 0 Å². The molecule has 1 saturated heterocycles. The number of piperazine rings is 1. The summed E-state index contributed by atoms with van der Waals surface area (Å²) < 4.78 is 15.9. The Morgan fingerprint density at radius 1 is 0.941 bits per heavy atom. The van der Waals surface area contributed by atoms with Crippen molar-refractivity contribution in [1.82, 2.24) is 15.1 Å². The van der Waals surface area contributed by atoms with Crippen LogP contribution in [0, 0.1) is 0 Å². The van der Waals surface area contributed by atoms with Gasteiger partial charge < -0.3 is 29.3 Å². The SMILES string of the molecule is COc1cc(C(=O)NC(=S)Nc2cc(C(=O)N3CCN(C)CC3)ccc2Cl)cc(OC)c1OC. The van der Waals surface area contributed by atoms with Crippen molar-refractivity contribution in [3.8, 4) is 17.2 Å². The topological polar surface area (TPSA) is 92.4 Å². The number of ether oxygens (including phenoxy) is 3. The monoisotopic (exact) mass is 506 g/mol. The minimum absolute atomic E-state index is 0.0184. The molecule has 1 aliphatic rings. The highest BCUT2D eigenvalue weighted by Gasteiger charge is 2.22. The summed E-state index contributed by atoms with van der Waals surface area (Å²) in [6.45, 7) is 2.96. The fourth-order valence-electron chi connectivity index (χ4n) is 3.49. The summed E-state index contributed by atoms with van der Waals surface area (Å²) in [6.07, 6.45) is 0. The van der Waals surface area contributed by atoms with Crippen LogP contribution in [0.5, 0.6) is 17.2 Å². The predicted octanol–water partition coefficient (Wildman–Crippen LogP) is 2.88. The maximum absolute atomic E-state index is 12.9. The molecule has 2 aromatic carbocycles. The second-order valence-corrected chi connectivity index (χ2v) is 8.43. The van der Waals surface area contributed by atoms with E-state index in [-0.39, 0.29) is 16.6 Å². The van der Waals surface area contributed by atoms with E-state index < -0.39 is 5.91 Å². The van der Waals surface area contributed by atoms with E-state index in [0.29, 0.717) is 46.6 Å². The Hall–Kier alpha value is -3.08. The Labute approximate surface area is 208 Å². The van der Waals surface area contributed by atoms with Crippen molar-refractivity contribution in [3.05, 3.63) is 46.5 Å². The van der Waals surface area contributed by atoms with Crippen LogP contribution < -0.4 is 24.8 Å². The Balaban J connectivity index is 1.72. The van der Waals surface area contributed by atoms with E-state index >= 15 is 0 Å². The molecule has 11 heteroatoms. The smallest absolute Gasteiger partial charge is 0.257 e. The Kier molecular flexibility index (Phi) is 8.54. The zero-order valence-corrected chi connectivity index (χ0v) is 21.0. The van der Waals surface area contributed by atoms with Crippen molar-refractivity contribution >= 4 is 46.4 Å². The second-order valence-electron chi connectivity index (χ2n) is 7.61. The van der Waals surface area contributed by atoms with Gasteiger partial charge in [-0.25, -0.2) is 0 Å². The first-order valence-corrected chi connectivity index (χ1v) is 11.3. The van der Waals surface area contributed by atoms with Crippen LogP contribution in [0.15, 0.2) is 30.3 Å². The average Bonchev–Trinajstić information content (AvgIpc) is 2.84. The number of nitrogens with one attached hydrogen (secondary N) is 2. The number of likely N-dealkylation sites (N-methyl/N-ethyl adjacent to an activating group) is 1. The maximum atomic E-state index is 12.9. The fraction of sp³-hybridized carbons (Fsp3) is 0.348. The zero-order valence-electron chi connectivity index (χ0n) is 19.4. The number of thiocarbonyl (C=S) groups is 1. The molecule has 1 fully saturated rings. The van der Waals surface area contributed by atoms with Crippen molar-refractivity contribution in [1.29, 1.82) is 0 Å². The molecule has 0 spiro atoms. The molecule has 0 saturated carbocycles. The molecular weight excluding hydrogens is 480 g/mol. The van der Waals surface area contributed by atoms with E-state index in [0.717, 1.165) is 13.1 Å². The van der Waals surface area contributed by atoms with E-state index in [1.807, 2.05) is 7.05 Å². The van der Waals surface area contributed by atoms with Crippen molar-refractivity contribution in [2.24, 2.45) is 0 Å². The Bertz CT molecular complexity index is 1060. The van der Waals surface area contributed by atoms with Crippen LogP contribution in [0.1, 0.15) is 20.7 Å². The van der Waals surface area contributed by atoms with Gasteiger partial charge in [-0.1, -0.05) is 11.6 Å². The van der Waals surface area contributed by atoms with Crippen LogP contribution in [0.2, 0.25) is 5.02 Å². The Morgan fingerprint density at radius 3 is 2.12 bits per heavy atom. The molecule has 0 aromatic heterocycles. The van der Waals surface area contributed by atoms with Gasteiger partial charge >= 0.3 is 0 Å². The van der Waals surface area contributed by atoms with Crippen LogP contribution >= 0.6 is 23.8 Å². The van der Waals surface area contributed by atoms with E-state index in [1.165, 1.54) is 33.5 Å². The predicted molar refractivity (Wildman–Crippen MR) is 135 cm³/mol. The van der Waals surface area contributed by atoms with Gasteiger partial charge in [0.2, 0.25) is 5.75 Å². The van der Waals surface area contributed by atoms with Crippen molar-refractivity contribution in [2.45, 2.75) is 0 Å². The first-order chi connectivity index (χ1) is 16.3. The van der Waals surface area contributed by atoms with Gasteiger partial charge in [0.05, 0.1) is 32.0 Å². The van der Waals surface area contributed by atoms with Crippen LogP contribution in [0.4, 0.5) is 5.69 Å². The molecule has 34 heavy (non-hydrogen) atoms. The molecule has 0 radical (unpaired) electrons. The summed E-state index contributed by atoms with van der Waals surface area (Å²) in [4.78, 5) is 29.7. The quantitative estimate of drug-likeness (QED) is 0.578. The highest BCUT2D eigenvalue weighted by molar-refractivity contribution is 7.80. The number of halogens is 1. The third kappa shape index (κ3) is 5.88. The van der Waals surface area contributed by atoms with Gasteiger partial charge in [-0.15, -0.1) is 0 Å². The van der Waals surface area contributed by atoms with Crippen molar-refractivity contribution < 1.29 is 23.8 Å². The number of carbonyl (C=O) groups is 2. The number of nitrogens with zero attached hydrogens (tertiary/aromatic N) is 2. The normalized spacial score (nSPS) is 13.7. The van der Waals surface area contributed by atoms with E-state index in [9.17, 15) is 9.59 Å². The van der Waals surface area contributed by atoms with E-state index in [1.54, 1.807) is 23.1 Å². The van der Waals surface area contributed by atoms with Gasteiger partial charge in [0, 0.05) is 37.3 Å². The molecule has 0 aliphatic carbocycles. The molecule has 2 amide bonds. The van der Waals surface area contributed by atoms with Crippen LogP contribution in [0.25, 0.3) is 0 Å². The molecule has 3 rings (SSSR count). The summed E-state index contributed by atoms with van der Waals surface area (Å²) in [5.74, 6) is 0.474. The van der Waals surface area contributed by atoms with Gasteiger partial charge in [0.1, 0.15) is 0 Å². The number of hydrogen-bond acceptors (Lipinski definition) is 7. The van der Waals surface area contributed by atoms with Crippen molar-refractivity contribution in [2.75, 3.05) is 59.9 Å². The zero-order chi connectivity index (χ0) is 24.8. The molecule has 1 aliphatic heterocycles. The number of anilines is 1. The highest BCUT2D eigenvalue weighted by atomic mass is 35.5. The molecule has 0 atom stereocenters. The number of amides is 2. The third-order valence-corrected chi connectivity index (χ3v) is 5.94. The number of hydrogen-bond donors (Lipinski definition) is 2. The molecule has 1 heterocycles. The standard InChI is InChI=1S/C23H27ClN4O5S/c1-27-7-9-28(10-8-27)22(30)14-5-6-16(24)17(11-14)25-23(34)26-21(29)15-12-18(31-2)20(33-4)19(13-15)32-3/h5-6,11-13H,7-10H2,1-4H3,(H2,25,26,29,34). The average molecular weight is 507 g/mol. The largest absolute Gasteiger partial charge is 0.493 e. The summed E-state index contributed by atoms with van der Waals surface area (Å²) in [5.41, 5.74) is 1.15. The van der Waals surface area contributed by atoms with E-state index in [2.05, 4.69) is 15.5 Å². The Morgan fingerprint density at radius 2 is 1.56 bits per heavy atom. The number of carbonyl (C=O) groups excluding carboxylic acids is 2. The second kappa shape index (κ2) is 11.4. The third-order valence-electron chi connectivity index (χ3n) is 5.41. The van der Waals surface area contributed by atoms with Gasteiger partial charge in [0.15, 0.2) is 16.6 Å². The molecule has 2 aromatic rings. The lowest BCUT2D eigenvalue weighted by Crippen LogP contribution is -2.47. The summed E-state index contributed by atoms with van der Waals surface area (Å²) in [5, 5.41) is 5.88. The first-order valence-electron chi connectivity index (χ1n) is 10.5. The first kappa shape index (κ1) is 25.5. The molecular formula is C23H27ClN4O5S. The van der Waals surface area contributed by atoms with Crippen LogP contribution in [-0.2, 0) is 0 Å². The fourth-order valence-corrected chi connectivity index (χ4v) is 3.85. The van der Waals surface area contributed by atoms with Gasteiger partial charge in [-0.05, 0) is 49.6 Å².